The molecule has 0 aliphatic rings. The van der Waals surface area contributed by atoms with E-state index in [0.717, 1.165) is 16.9 Å². The first-order valence-electron chi connectivity index (χ1n) is 9.25. The molecule has 8 heteroatoms. The van der Waals surface area contributed by atoms with Gasteiger partial charge in [-0.3, -0.25) is 9.36 Å². The second kappa shape index (κ2) is 9.22. The third-order valence-corrected chi connectivity index (χ3v) is 6.34. The number of hydrogen-bond acceptors (Lipinski definition) is 6. The van der Waals surface area contributed by atoms with Crippen LogP contribution in [0.5, 0.6) is 11.5 Å². The number of nitriles is 2. The van der Waals surface area contributed by atoms with Gasteiger partial charge in [0.25, 0.3) is 5.56 Å². The van der Waals surface area contributed by atoms with Gasteiger partial charge in [-0.05, 0) is 63.3 Å². The number of phenols is 1. The molecular formula is C23H18BrN3O3S. The van der Waals surface area contributed by atoms with Crippen molar-refractivity contribution in [3.8, 4) is 29.3 Å². The number of phenolic OH excluding ortho intramolecular Hbond substituents is 1. The lowest BCUT2D eigenvalue weighted by Gasteiger charge is -2.07. The summed E-state index contributed by atoms with van der Waals surface area (Å²) in [6.07, 6.45) is 1.63. The van der Waals surface area contributed by atoms with E-state index in [4.69, 9.17) is 4.74 Å². The Kier molecular flexibility index (Phi) is 6.65. The third-order valence-electron chi connectivity index (χ3n) is 4.65. The highest BCUT2D eigenvalue weighted by molar-refractivity contribution is 9.10. The fraction of sp³-hybridized carbons (Fsp3) is 0.174. The monoisotopic (exact) mass is 495 g/mol. The lowest BCUT2D eigenvalue weighted by molar-refractivity contribution is 0.372. The Bertz CT molecular complexity index is 1390. The Balaban J connectivity index is 2.33. The van der Waals surface area contributed by atoms with Crippen LogP contribution >= 0.6 is 27.3 Å². The number of aromatic hydroxyl groups is 1. The number of thiazole rings is 1. The zero-order chi connectivity index (χ0) is 22.7. The molecule has 0 aliphatic heterocycles. The Morgan fingerprint density at radius 1 is 1.23 bits per heavy atom. The summed E-state index contributed by atoms with van der Waals surface area (Å²) < 4.78 is 7.57. The molecule has 3 rings (SSSR count). The van der Waals surface area contributed by atoms with Crippen LogP contribution in [0, 0.1) is 22.7 Å². The zero-order valence-corrected chi connectivity index (χ0v) is 19.4. The van der Waals surface area contributed by atoms with Gasteiger partial charge in [0.1, 0.15) is 16.8 Å². The first-order chi connectivity index (χ1) is 14.8. The van der Waals surface area contributed by atoms with E-state index in [1.54, 1.807) is 18.2 Å². The molecule has 0 saturated heterocycles. The quantitative estimate of drug-likeness (QED) is 0.596. The van der Waals surface area contributed by atoms with E-state index in [0.29, 0.717) is 26.2 Å². The lowest BCUT2D eigenvalue weighted by atomic mass is 10.0. The molecule has 1 N–H and O–H groups in total. The molecular weight excluding hydrogens is 478 g/mol. The summed E-state index contributed by atoms with van der Waals surface area (Å²) in [5, 5.41) is 28.8. The van der Waals surface area contributed by atoms with Crippen molar-refractivity contribution < 1.29 is 9.84 Å². The predicted octanol–water partition coefficient (Wildman–Crippen LogP) is 3.53. The Hall–Kier alpha value is -3.33. The van der Waals surface area contributed by atoms with Crippen molar-refractivity contribution in [1.29, 1.82) is 10.5 Å². The van der Waals surface area contributed by atoms with Gasteiger partial charge in [-0.2, -0.15) is 10.5 Å². The van der Waals surface area contributed by atoms with Crippen LogP contribution < -0.4 is 19.5 Å². The highest BCUT2D eigenvalue weighted by Crippen LogP contribution is 2.35. The number of aromatic nitrogens is 1. The fourth-order valence-electron chi connectivity index (χ4n) is 3.00. The highest BCUT2D eigenvalue weighted by Gasteiger charge is 2.13. The maximum Gasteiger partial charge on any atom is 0.273 e. The minimum absolute atomic E-state index is 0.0428. The number of methoxy groups -OCH3 is 1. The van der Waals surface area contributed by atoms with Gasteiger partial charge in [-0.1, -0.05) is 26.0 Å². The topological polar surface area (TPSA) is 99.0 Å². The summed E-state index contributed by atoms with van der Waals surface area (Å²) in [7, 11) is 1.43. The molecule has 156 valence electrons. The van der Waals surface area contributed by atoms with Gasteiger partial charge in [0, 0.05) is 0 Å². The van der Waals surface area contributed by atoms with Crippen molar-refractivity contribution in [3.05, 3.63) is 71.5 Å². The molecule has 0 fully saturated rings. The molecule has 0 amide bonds. The van der Waals surface area contributed by atoms with Crippen LogP contribution in [0.4, 0.5) is 0 Å². The Morgan fingerprint density at radius 2 is 1.87 bits per heavy atom. The summed E-state index contributed by atoms with van der Waals surface area (Å²) in [4.78, 5) is 13.3. The SMILES string of the molecule is COc1cc(C=c2sc(=C(C#N)C#N)n(-c3ccc(C(C)C)cc3)c2=O)cc(Br)c1O. The molecule has 2 aromatic carbocycles. The van der Waals surface area contributed by atoms with E-state index in [9.17, 15) is 20.4 Å². The number of nitrogens with zero attached hydrogens (tertiary/aromatic N) is 3. The molecule has 1 heterocycles. The summed E-state index contributed by atoms with van der Waals surface area (Å²) in [5.74, 6) is 0.543. The Morgan fingerprint density at radius 3 is 2.42 bits per heavy atom. The second-order valence-corrected chi connectivity index (χ2v) is 8.84. The number of halogens is 1. The third kappa shape index (κ3) is 4.41. The first kappa shape index (κ1) is 22.4. The standard InChI is InChI=1S/C23H18BrN3O3S/c1-13(2)15-4-6-17(7-5-15)27-22(29)20(31-23(27)16(11-25)12-26)10-14-8-18(24)21(28)19(9-14)30-3/h4-10,13,28H,1-3H3. The van der Waals surface area contributed by atoms with Crippen LogP contribution in [-0.4, -0.2) is 16.8 Å². The van der Waals surface area contributed by atoms with E-state index < -0.39 is 0 Å². The maximum atomic E-state index is 13.3. The van der Waals surface area contributed by atoms with E-state index >= 15 is 0 Å². The molecule has 0 atom stereocenters. The molecule has 0 saturated carbocycles. The smallest absolute Gasteiger partial charge is 0.273 e. The summed E-state index contributed by atoms with van der Waals surface area (Å²) in [6, 6.07) is 14.5. The molecule has 0 aliphatic carbocycles. The predicted molar refractivity (Wildman–Crippen MR) is 124 cm³/mol. The van der Waals surface area contributed by atoms with Gasteiger partial charge in [0.2, 0.25) is 0 Å². The molecule has 0 unspecified atom stereocenters. The molecule has 1 aromatic heterocycles. The van der Waals surface area contributed by atoms with E-state index in [2.05, 4.69) is 29.8 Å². The van der Waals surface area contributed by atoms with E-state index in [1.165, 1.54) is 11.7 Å². The largest absolute Gasteiger partial charge is 0.503 e. The van der Waals surface area contributed by atoms with Crippen molar-refractivity contribution in [3.63, 3.8) is 0 Å². The van der Waals surface area contributed by atoms with Crippen LogP contribution in [0.2, 0.25) is 0 Å². The molecule has 0 spiro atoms. The molecule has 0 bridgehead atoms. The second-order valence-electron chi connectivity index (χ2n) is 6.95. The fourth-order valence-corrected chi connectivity index (χ4v) is 4.51. The molecule has 0 radical (unpaired) electrons. The van der Waals surface area contributed by atoms with Crippen LogP contribution in [-0.2, 0) is 0 Å². The molecule has 3 aromatic rings. The zero-order valence-electron chi connectivity index (χ0n) is 17.0. The first-order valence-corrected chi connectivity index (χ1v) is 10.9. The van der Waals surface area contributed by atoms with Gasteiger partial charge >= 0.3 is 0 Å². The van der Waals surface area contributed by atoms with Crippen LogP contribution in [0.1, 0.15) is 30.9 Å². The number of rotatable bonds is 4. The molecule has 6 nitrogen and oxygen atoms in total. The number of ether oxygens (including phenoxy) is 1. The van der Waals surface area contributed by atoms with Crippen LogP contribution in [0.15, 0.2) is 45.7 Å². The minimum atomic E-state index is -0.344. The summed E-state index contributed by atoms with van der Waals surface area (Å²) in [5.41, 5.74) is 1.82. The Labute approximate surface area is 191 Å². The number of benzene rings is 2. The van der Waals surface area contributed by atoms with Gasteiger partial charge < -0.3 is 9.84 Å². The minimum Gasteiger partial charge on any atom is -0.503 e. The van der Waals surface area contributed by atoms with E-state index in [-0.39, 0.29) is 27.3 Å². The van der Waals surface area contributed by atoms with Crippen LogP contribution in [0.3, 0.4) is 0 Å². The van der Waals surface area contributed by atoms with E-state index in [1.807, 2.05) is 36.4 Å². The summed E-state index contributed by atoms with van der Waals surface area (Å²) >= 11 is 4.33. The van der Waals surface area contributed by atoms with Crippen LogP contribution in [0.25, 0.3) is 17.3 Å². The van der Waals surface area contributed by atoms with Gasteiger partial charge in [0.05, 0.1) is 21.8 Å². The maximum absolute atomic E-state index is 13.3. The van der Waals surface area contributed by atoms with Crippen molar-refractivity contribution in [2.24, 2.45) is 0 Å². The van der Waals surface area contributed by atoms with Crippen molar-refractivity contribution in [2.75, 3.05) is 7.11 Å². The average Bonchev–Trinajstić information content (AvgIpc) is 3.07. The van der Waals surface area contributed by atoms with Gasteiger partial charge in [-0.15, -0.1) is 11.3 Å². The highest BCUT2D eigenvalue weighted by atomic mass is 79.9. The molecule has 31 heavy (non-hydrogen) atoms. The summed E-state index contributed by atoms with van der Waals surface area (Å²) in [6.45, 7) is 4.15. The average molecular weight is 496 g/mol. The van der Waals surface area contributed by atoms with Gasteiger partial charge in [0.15, 0.2) is 17.1 Å². The van der Waals surface area contributed by atoms with Crippen molar-refractivity contribution in [2.45, 2.75) is 19.8 Å². The van der Waals surface area contributed by atoms with Crippen molar-refractivity contribution >= 4 is 38.9 Å². The lowest BCUT2D eigenvalue weighted by Crippen LogP contribution is -2.30. The van der Waals surface area contributed by atoms with Crippen molar-refractivity contribution in [1.82, 2.24) is 4.57 Å². The normalized spacial score (nSPS) is 11.3. The van der Waals surface area contributed by atoms with Gasteiger partial charge in [-0.25, -0.2) is 0 Å². The number of hydrogen-bond donors (Lipinski definition) is 1.